The number of halogens is 1. The number of nitrogens with one attached hydrogen (secondary N) is 1. The smallest absolute Gasteiger partial charge is 0.341 e. The van der Waals surface area contributed by atoms with Crippen molar-refractivity contribution in [1.29, 1.82) is 0 Å². The number of carbonyl (C=O) groups is 2. The van der Waals surface area contributed by atoms with E-state index in [1.807, 2.05) is 20.8 Å². The SMILES string of the molecule is CCOC(=O)c1cc(C(C)C)sc1NC(=O)COc1ccc(Cl)cc1C. The largest absolute Gasteiger partial charge is 0.483 e. The van der Waals surface area contributed by atoms with Crippen LogP contribution in [-0.4, -0.2) is 25.1 Å². The fraction of sp³-hybridized carbons (Fsp3) is 0.368. The van der Waals surface area contributed by atoms with Crippen LogP contribution in [-0.2, 0) is 9.53 Å². The Bertz CT molecular complexity index is 801. The number of ether oxygens (including phenoxy) is 2. The zero-order chi connectivity index (χ0) is 19.3. The Morgan fingerprint density at radius 3 is 2.62 bits per heavy atom. The van der Waals surface area contributed by atoms with Gasteiger partial charge in [-0.2, -0.15) is 0 Å². The summed E-state index contributed by atoms with van der Waals surface area (Å²) in [6, 6.07) is 6.96. The maximum atomic E-state index is 12.3. The molecule has 0 bridgehead atoms. The first-order chi connectivity index (χ1) is 12.3. The number of benzene rings is 1. The number of esters is 1. The first-order valence-corrected chi connectivity index (χ1v) is 9.50. The molecule has 1 amide bonds. The molecule has 1 N–H and O–H groups in total. The van der Waals surface area contributed by atoms with Gasteiger partial charge in [0.2, 0.25) is 0 Å². The lowest BCUT2D eigenvalue weighted by atomic mass is 10.1. The Labute approximate surface area is 162 Å². The number of aryl methyl sites for hydroxylation is 1. The van der Waals surface area contributed by atoms with E-state index >= 15 is 0 Å². The van der Waals surface area contributed by atoms with E-state index in [0.29, 0.717) is 21.3 Å². The molecule has 1 aromatic carbocycles. The number of hydrogen-bond donors (Lipinski definition) is 1. The molecule has 5 nitrogen and oxygen atoms in total. The fourth-order valence-electron chi connectivity index (χ4n) is 2.23. The van der Waals surface area contributed by atoms with E-state index in [-0.39, 0.29) is 25.0 Å². The molecule has 1 heterocycles. The lowest BCUT2D eigenvalue weighted by molar-refractivity contribution is -0.118. The average molecular weight is 396 g/mol. The quantitative estimate of drug-likeness (QED) is 0.668. The minimum absolute atomic E-state index is 0.167. The molecule has 0 aliphatic rings. The third kappa shape index (κ3) is 5.22. The topological polar surface area (TPSA) is 64.6 Å². The molecule has 2 rings (SSSR count). The van der Waals surface area contributed by atoms with Crippen molar-refractivity contribution in [2.45, 2.75) is 33.6 Å². The summed E-state index contributed by atoms with van der Waals surface area (Å²) in [6.45, 7) is 7.76. The standard InChI is InChI=1S/C19H22ClNO4S/c1-5-24-19(23)14-9-16(11(2)3)26-18(14)21-17(22)10-25-15-7-6-13(20)8-12(15)4/h6-9,11H,5,10H2,1-4H3,(H,21,22). The van der Waals surface area contributed by atoms with E-state index in [1.165, 1.54) is 11.3 Å². The lowest BCUT2D eigenvalue weighted by Crippen LogP contribution is -2.21. The van der Waals surface area contributed by atoms with Crippen LogP contribution < -0.4 is 10.1 Å². The summed E-state index contributed by atoms with van der Waals surface area (Å²) in [5, 5.41) is 3.84. The summed E-state index contributed by atoms with van der Waals surface area (Å²) in [6.07, 6.45) is 0. The van der Waals surface area contributed by atoms with Gasteiger partial charge >= 0.3 is 5.97 Å². The molecule has 0 aliphatic heterocycles. The second kappa shape index (κ2) is 9.05. The Hall–Kier alpha value is -2.05. The molecule has 140 valence electrons. The highest BCUT2D eigenvalue weighted by molar-refractivity contribution is 7.16. The molecule has 0 aliphatic carbocycles. The van der Waals surface area contributed by atoms with Crippen molar-refractivity contribution in [3.05, 3.63) is 45.3 Å². The maximum Gasteiger partial charge on any atom is 0.341 e. The van der Waals surface area contributed by atoms with Crippen LogP contribution in [0.15, 0.2) is 24.3 Å². The molecule has 7 heteroatoms. The van der Waals surface area contributed by atoms with Crippen LogP contribution in [0.1, 0.15) is 47.5 Å². The number of rotatable bonds is 7. The molecule has 0 unspecified atom stereocenters. The molecule has 2 aromatic rings. The first-order valence-electron chi connectivity index (χ1n) is 8.31. The molecule has 0 atom stereocenters. The monoisotopic (exact) mass is 395 g/mol. The van der Waals surface area contributed by atoms with Crippen molar-refractivity contribution in [3.8, 4) is 5.75 Å². The second-order valence-corrected chi connectivity index (χ2v) is 7.53. The number of thiophene rings is 1. The van der Waals surface area contributed by atoms with Gasteiger partial charge in [0.15, 0.2) is 6.61 Å². The molecule has 0 saturated carbocycles. The Morgan fingerprint density at radius 1 is 1.27 bits per heavy atom. The summed E-state index contributed by atoms with van der Waals surface area (Å²) in [5.41, 5.74) is 1.22. The van der Waals surface area contributed by atoms with Gasteiger partial charge in [0.05, 0.1) is 12.2 Å². The van der Waals surface area contributed by atoms with Gasteiger partial charge in [0.1, 0.15) is 10.8 Å². The highest BCUT2D eigenvalue weighted by Gasteiger charge is 2.20. The van der Waals surface area contributed by atoms with Crippen LogP contribution in [0, 0.1) is 6.92 Å². The highest BCUT2D eigenvalue weighted by Crippen LogP contribution is 2.33. The summed E-state index contributed by atoms with van der Waals surface area (Å²) in [4.78, 5) is 25.4. The number of hydrogen-bond acceptors (Lipinski definition) is 5. The molecule has 1 aromatic heterocycles. The third-order valence-electron chi connectivity index (χ3n) is 3.56. The maximum absolute atomic E-state index is 12.3. The molecule has 26 heavy (non-hydrogen) atoms. The lowest BCUT2D eigenvalue weighted by Gasteiger charge is -2.10. The van der Waals surface area contributed by atoms with Gasteiger partial charge in [-0.15, -0.1) is 11.3 Å². The van der Waals surface area contributed by atoms with Crippen LogP contribution in [0.3, 0.4) is 0 Å². The van der Waals surface area contributed by atoms with Gasteiger partial charge in [0.25, 0.3) is 5.91 Å². The van der Waals surface area contributed by atoms with E-state index in [1.54, 1.807) is 31.2 Å². The summed E-state index contributed by atoms with van der Waals surface area (Å²) in [7, 11) is 0. The molecule has 0 spiro atoms. The Morgan fingerprint density at radius 2 is 2.00 bits per heavy atom. The van der Waals surface area contributed by atoms with Gasteiger partial charge in [-0.25, -0.2) is 4.79 Å². The third-order valence-corrected chi connectivity index (χ3v) is 5.15. The van der Waals surface area contributed by atoms with Crippen LogP contribution in [0.2, 0.25) is 5.02 Å². The van der Waals surface area contributed by atoms with E-state index in [9.17, 15) is 9.59 Å². The van der Waals surface area contributed by atoms with Crippen LogP contribution in [0.4, 0.5) is 5.00 Å². The van der Waals surface area contributed by atoms with Crippen LogP contribution in [0.25, 0.3) is 0 Å². The minimum Gasteiger partial charge on any atom is -0.483 e. The molecule has 0 radical (unpaired) electrons. The highest BCUT2D eigenvalue weighted by atomic mass is 35.5. The molecular weight excluding hydrogens is 374 g/mol. The van der Waals surface area contributed by atoms with E-state index in [0.717, 1.165) is 10.4 Å². The van der Waals surface area contributed by atoms with Crippen LogP contribution in [0.5, 0.6) is 5.75 Å². The van der Waals surface area contributed by atoms with Gasteiger partial charge < -0.3 is 14.8 Å². The summed E-state index contributed by atoms with van der Waals surface area (Å²) >= 11 is 7.28. The number of anilines is 1. The predicted molar refractivity (Wildman–Crippen MR) is 105 cm³/mol. The van der Waals surface area contributed by atoms with E-state index in [2.05, 4.69) is 5.32 Å². The molecule has 0 saturated heterocycles. The van der Waals surface area contributed by atoms with Crippen molar-refractivity contribution >= 4 is 39.8 Å². The van der Waals surface area contributed by atoms with E-state index < -0.39 is 5.97 Å². The molecule has 0 fully saturated rings. The van der Waals surface area contributed by atoms with Gasteiger partial charge in [-0.3, -0.25) is 4.79 Å². The fourth-order valence-corrected chi connectivity index (χ4v) is 3.52. The zero-order valence-corrected chi connectivity index (χ0v) is 16.8. The van der Waals surface area contributed by atoms with Gasteiger partial charge in [0, 0.05) is 9.90 Å². The Balaban J connectivity index is 2.08. The predicted octanol–water partition coefficient (Wildman–Crippen LogP) is 5.03. The normalized spacial score (nSPS) is 10.7. The Kier molecular flexibility index (Phi) is 7.06. The first kappa shape index (κ1) is 20.3. The zero-order valence-electron chi connectivity index (χ0n) is 15.2. The number of carbonyl (C=O) groups excluding carboxylic acids is 2. The average Bonchev–Trinajstić information content (AvgIpc) is 2.98. The van der Waals surface area contributed by atoms with Crippen molar-refractivity contribution < 1.29 is 19.1 Å². The second-order valence-electron chi connectivity index (χ2n) is 6.01. The van der Waals surface area contributed by atoms with Gasteiger partial charge in [-0.05, 0) is 49.6 Å². The van der Waals surface area contributed by atoms with Crippen LogP contribution >= 0.6 is 22.9 Å². The summed E-state index contributed by atoms with van der Waals surface area (Å²) < 4.78 is 10.6. The van der Waals surface area contributed by atoms with Crippen molar-refractivity contribution in [2.24, 2.45) is 0 Å². The van der Waals surface area contributed by atoms with Crippen molar-refractivity contribution in [1.82, 2.24) is 0 Å². The minimum atomic E-state index is -0.444. The number of amides is 1. The van der Waals surface area contributed by atoms with Gasteiger partial charge in [-0.1, -0.05) is 25.4 Å². The van der Waals surface area contributed by atoms with E-state index in [4.69, 9.17) is 21.1 Å². The van der Waals surface area contributed by atoms with Crippen molar-refractivity contribution in [3.63, 3.8) is 0 Å². The van der Waals surface area contributed by atoms with Crippen molar-refractivity contribution in [2.75, 3.05) is 18.5 Å². The molecular formula is C19H22ClNO4S. The summed E-state index contributed by atoms with van der Waals surface area (Å²) in [5.74, 6) is 0.0403.